The van der Waals surface area contributed by atoms with Crippen molar-refractivity contribution < 1.29 is 4.79 Å². The van der Waals surface area contributed by atoms with Gasteiger partial charge in [0.05, 0.1) is 12.2 Å². The van der Waals surface area contributed by atoms with Crippen LogP contribution in [-0.2, 0) is 6.54 Å². The molecular weight excluding hydrogens is 300 g/mol. The molecule has 0 atom stereocenters. The quantitative estimate of drug-likeness (QED) is 0.851. The number of carbonyl (C=O) groups excluding carboxylic acids is 1. The zero-order valence-electron chi connectivity index (χ0n) is 14.7. The van der Waals surface area contributed by atoms with E-state index in [0.29, 0.717) is 13.1 Å². The number of hydrogen-bond acceptors (Lipinski definition) is 3. The summed E-state index contributed by atoms with van der Waals surface area (Å²) in [5.74, 6) is 0. The Bertz CT molecular complexity index is 645. The third kappa shape index (κ3) is 4.98. The van der Waals surface area contributed by atoms with Gasteiger partial charge in [0.15, 0.2) is 0 Å². The predicted molar refractivity (Wildman–Crippen MR) is 98.2 cm³/mol. The summed E-state index contributed by atoms with van der Waals surface area (Å²) in [7, 11) is 1.78. The number of pyridine rings is 1. The maximum atomic E-state index is 12.2. The van der Waals surface area contributed by atoms with Gasteiger partial charge in [0.1, 0.15) is 0 Å². The Morgan fingerprint density at radius 1 is 1.17 bits per heavy atom. The van der Waals surface area contributed by atoms with Crippen LogP contribution in [0.5, 0.6) is 0 Å². The van der Waals surface area contributed by atoms with E-state index in [9.17, 15) is 4.79 Å². The van der Waals surface area contributed by atoms with E-state index in [0.717, 1.165) is 18.8 Å². The molecule has 24 heavy (non-hydrogen) atoms. The number of urea groups is 1. The van der Waals surface area contributed by atoms with Crippen molar-refractivity contribution in [2.24, 2.45) is 0 Å². The van der Waals surface area contributed by atoms with Crippen molar-refractivity contribution in [3.8, 4) is 0 Å². The van der Waals surface area contributed by atoms with Crippen LogP contribution < -0.4 is 10.2 Å². The minimum atomic E-state index is -0.0820. The van der Waals surface area contributed by atoms with Gasteiger partial charge in [-0.1, -0.05) is 24.3 Å². The lowest BCUT2D eigenvalue weighted by Crippen LogP contribution is -2.41. The van der Waals surface area contributed by atoms with E-state index in [1.165, 1.54) is 11.3 Å². The summed E-state index contributed by atoms with van der Waals surface area (Å²) in [6, 6.07) is 13.9. The number of aryl methyl sites for hydroxylation is 1. The number of likely N-dealkylation sites (N-methyl/N-ethyl adjacent to an activating group) is 1. The standard InChI is InChI=1S/C19H26N4O/c1-4-23(18-11-6-5-9-16(18)2)14-13-21-19(24)22(3)15-17-10-7-8-12-20-17/h5-12H,4,13-15H2,1-3H3,(H,21,24). The molecule has 2 aromatic rings. The van der Waals surface area contributed by atoms with Gasteiger partial charge in [-0.25, -0.2) is 4.79 Å². The minimum absolute atomic E-state index is 0.0820. The highest BCUT2D eigenvalue weighted by Crippen LogP contribution is 2.18. The fourth-order valence-corrected chi connectivity index (χ4v) is 2.61. The number of nitrogens with one attached hydrogen (secondary N) is 1. The largest absolute Gasteiger partial charge is 0.370 e. The summed E-state index contributed by atoms with van der Waals surface area (Å²) >= 11 is 0. The summed E-state index contributed by atoms with van der Waals surface area (Å²) in [5, 5.41) is 2.97. The van der Waals surface area contributed by atoms with E-state index in [4.69, 9.17) is 0 Å². The first-order valence-electron chi connectivity index (χ1n) is 8.31. The fourth-order valence-electron chi connectivity index (χ4n) is 2.61. The number of anilines is 1. The summed E-state index contributed by atoms with van der Waals surface area (Å²) < 4.78 is 0. The van der Waals surface area contributed by atoms with E-state index in [1.807, 2.05) is 30.3 Å². The molecule has 5 heteroatoms. The van der Waals surface area contributed by atoms with Crippen LogP contribution in [0.3, 0.4) is 0 Å². The topological polar surface area (TPSA) is 48.5 Å². The van der Waals surface area contributed by atoms with Gasteiger partial charge in [0.25, 0.3) is 0 Å². The second-order valence-corrected chi connectivity index (χ2v) is 5.78. The summed E-state index contributed by atoms with van der Waals surface area (Å²) in [6.07, 6.45) is 1.74. The van der Waals surface area contributed by atoms with Gasteiger partial charge in [-0.3, -0.25) is 4.98 Å². The highest BCUT2D eigenvalue weighted by Gasteiger charge is 2.11. The number of hydrogen-bond donors (Lipinski definition) is 1. The van der Waals surface area contributed by atoms with Gasteiger partial charge in [-0.05, 0) is 37.6 Å². The molecule has 2 rings (SSSR count). The first-order chi connectivity index (χ1) is 11.6. The number of para-hydroxylation sites is 1. The molecule has 0 saturated carbocycles. The fraction of sp³-hybridized carbons (Fsp3) is 0.368. The van der Waals surface area contributed by atoms with Crippen molar-refractivity contribution in [1.82, 2.24) is 15.2 Å². The van der Waals surface area contributed by atoms with E-state index in [-0.39, 0.29) is 6.03 Å². The average molecular weight is 326 g/mol. The van der Waals surface area contributed by atoms with Crippen LogP contribution in [0.15, 0.2) is 48.7 Å². The molecule has 1 aromatic heterocycles. The van der Waals surface area contributed by atoms with Crippen LogP contribution in [0.2, 0.25) is 0 Å². The summed E-state index contributed by atoms with van der Waals surface area (Å²) in [5.41, 5.74) is 3.35. The van der Waals surface area contributed by atoms with Crippen molar-refractivity contribution in [1.29, 1.82) is 0 Å². The number of rotatable bonds is 7. The van der Waals surface area contributed by atoms with Gasteiger partial charge in [0.2, 0.25) is 0 Å². The molecule has 0 radical (unpaired) electrons. The second-order valence-electron chi connectivity index (χ2n) is 5.78. The smallest absolute Gasteiger partial charge is 0.317 e. The zero-order chi connectivity index (χ0) is 17.4. The molecule has 2 amide bonds. The summed E-state index contributed by atoms with van der Waals surface area (Å²) in [6.45, 7) is 7.03. The maximum Gasteiger partial charge on any atom is 0.317 e. The average Bonchev–Trinajstić information content (AvgIpc) is 2.60. The third-order valence-electron chi connectivity index (χ3n) is 3.97. The first-order valence-corrected chi connectivity index (χ1v) is 8.31. The molecule has 1 heterocycles. The molecule has 0 saturated heterocycles. The SMILES string of the molecule is CCN(CCNC(=O)N(C)Cc1ccccn1)c1ccccc1C. The summed E-state index contributed by atoms with van der Waals surface area (Å²) in [4.78, 5) is 20.3. The Morgan fingerprint density at radius 3 is 2.58 bits per heavy atom. The van der Waals surface area contributed by atoms with E-state index in [2.05, 4.69) is 41.2 Å². The van der Waals surface area contributed by atoms with Gasteiger partial charge in [0, 0.05) is 38.6 Å². The van der Waals surface area contributed by atoms with Gasteiger partial charge >= 0.3 is 6.03 Å². The van der Waals surface area contributed by atoms with Crippen molar-refractivity contribution in [3.63, 3.8) is 0 Å². The lowest BCUT2D eigenvalue weighted by molar-refractivity contribution is 0.206. The Morgan fingerprint density at radius 2 is 1.92 bits per heavy atom. The first kappa shape index (κ1) is 17.8. The molecular formula is C19H26N4O. The molecule has 0 aliphatic heterocycles. The normalized spacial score (nSPS) is 10.3. The van der Waals surface area contributed by atoms with Crippen molar-refractivity contribution in [2.45, 2.75) is 20.4 Å². The molecule has 1 N–H and O–H groups in total. The number of aromatic nitrogens is 1. The lowest BCUT2D eigenvalue weighted by atomic mass is 10.2. The van der Waals surface area contributed by atoms with Crippen LogP contribution in [0.1, 0.15) is 18.2 Å². The lowest BCUT2D eigenvalue weighted by Gasteiger charge is -2.25. The van der Waals surface area contributed by atoms with E-state index >= 15 is 0 Å². The molecule has 128 valence electrons. The third-order valence-corrected chi connectivity index (χ3v) is 3.97. The van der Waals surface area contributed by atoms with Crippen LogP contribution in [0.4, 0.5) is 10.5 Å². The zero-order valence-corrected chi connectivity index (χ0v) is 14.7. The number of benzene rings is 1. The highest BCUT2D eigenvalue weighted by atomic mass is 16.2. The number of nitrogens with zero attached hydrogens (tertiary/aromatic N) is 3. The van der Waals surface area contributed by atoms with Gasteiger partial charge in [-0.15, -0.1) is 0 Å². The molecule has 0 spiro atoms. The molecule has 1 aromatic carbocycles. The van der Waals surface area contributed by atoms with Gasteiger partial charge in [-0.2, -0.15) is 0 Å². The van der Waals surface area contributed by atoms with Crippen molar-refractivity contribution in [2.75, 3.05) is 31.6 Å². The number of carbonyl (C=O) groups is 1. The number of amides is 2. The molecule has 0 aliphatic carbocycles. The minimum Gasteiger partial charge on any atom is -0.370 e. The molecule has 0 aliphatic rings. The van der Waals surface area contributed by atoms with Crippen molar-refractivity contribution >= 4 is 11.7 Å². The predicted octanol–water partition coefficient (Wildman–Crippen LogP) is 3.06. The maximum absolute atomic E-state index is 12.2. The monoisotopic (exact) mass is 326 g/mol. The van der Waals surface area contributed by atoms with Gasteiger partial charge < -0.3 is 15.1 Å². The Balaban J connectivity index is 1.82. The Hall–Kier alpha value is -2.56. The van der Waals surface area contributed by atoms with E-state index < -0.39 is 0 Å². The van der Waals surface area contributed by atoms with Crippen molar-refractivity contribution in [3.05, 3.63) is 59.9 Å². The molecule has 5 nitrogen and oxygen atoms in total. The second kappa shape index (κ2) is 8.91. The van der Waals surface area contributed by atoms with Crippen LogP contribution in [0, 0.1) is 6.92 Å². The Labute approximate surface area is 144 Å². The molecule has 0 unspecified atom stereocenters. The molecule has 0 fully saturated rings. The highest BCUT2D eigenvalue weighted by molar-refractivity contribution is 5.73. The van der Waals surface area contributed by atoms with Crippen LogP contribution in [0.25, 0.3) is 0 Å². The Kier molecular flexibility index (Phi) is 6.61. The van der Waals surface area contributed by atoms with E-state index in [1.54, 1.807) is 18.1 Å². The molecule has 0 bridgehead atoms. The van der Waals surface area contributed by atoms with Crippen LogP contribution >= 0.6 is 0 Å². The van der Waals surface area contributed by atoms with Crippen LogP contribution in [-0.4, -0.2) is 42.6 Å².